The Morgan fingerprint density at radius 3 is 2.52 bits per heavy atom. The van der Waals surface area contributed by atoms with Gasteiger partial charge in [0.05, 0.1) is 27.9 Å². The SMILES string of the molecule is CCOC(=O)C=Cc1c(I)c2ccc(Cl)c(Cl)c2n1CC(=O)OC(C)(C)C. The van der Waals surface area contributed by atoms with E-state index in [2.05, 4.69) is 22.6 Å². The second kappa shape index (κ2) is 8.84. The highest BCUT2D eigenvalue weighted by Gasteiger charge is 2.22. The molecule has 0 radical (unpaired) electrons. The average molecular weight is 524 g/mol. The average Bonchev–Trinajstić information content (AvgIpc) is 2.80. The molecule has 8 heteroatoms. The van der Waals surface area contributed by atoms with E-state index in [-0.39, 0.29) is 13.2 Å². The van der Waals surface area contributed by atoms with Gasteiger partial charge in [-0.3, -0.25) is 4.79 Å². The fourth-order valence-electron chi connectivity index (χ4n) is 2.53. The van der Waals surface area contributed by atoms with Gasteiger partial charge in [0.15, 0.2) is 0 Å². The van der Waals surface area contributed by atoms with E-state index in [9.17, 15) is 9.59 Å². The van der Waals surface area contributed by atoms with Crippen molar-refractivity contribution in [1.82, 2.24) is 4.57 Å². The van der Waals surface area contributed by atoms with E-state index in [1.165, 1.54) is 6.08 Å². The van der Waals surface area contributed by atoms with Gasteiger partial charge in [-0.2, -0.15) is 0 Å². The van der Waals surface area contributed by atoms with E-state index in [1.807, 2.05) is 6.07 Å². The van der Waals surface area contributed by atoms with Crippen LogP contribution in [0.4, 0.5) is 0 Å². The monoisotopic (exact) mass is 523 g/mol. The van der Waals surface area contributed by atoms with Crippen LogP contribution >= 0.6 is 45.8 Å². The summed E-state index contributed by atoms with van der Waals surface area (Å²) in [5.74, 6) is -0.885. The molecule has 0 unspecified atom stereocenters. The third kappa shape index (κ3) is 5.39. The Morgan fingerprint density at radius 1 is 1.26 bits per heavy atom. The number of benzene rings is 1. The number of aromatic nitrogens is 1. The number of carbonyl (C=O) groups excluding carboxylic acids is 2. The normalized spacial score (nSPS) is 12.0. The maximum atomic E-state index is 12.4. The quantitative estimate of drug-likeness (QED) is 0.296. The molecule has 0 saturated carbocycles. The number of nitrogens with zero attached hydrogens (tertiary/aromatic N) is 1. The van der Waals surface area contributed by atoms with Crippen LogP contribution in [0.2, 0.25) is 10.0 Å². The van der Waals surface area contributed by atoms with Crippen molar-refractivity contribution in [2.75, 3.05) is 6.61 Å². The lowest BCUT2D eigenvalue weighted by Crippen LogP contribution is -2.26. The third-order valence-electron chi connectivity index (χ3n) is 3.46. The molecule has 0 bridgehead atoms. The molecular formula is C19H20Cl2INO4. The lowest BCUT2D eigenvalue weighted by atomic mass is 10.2. The van der Waals surface area contributed by atoms with Crippen molar-refractivity contribution in [3.63, 3.8) is 0 Å². The minimum atomic E-state index is -0.616. The number of halogens is 3. The third-order valence-corrected chi connectivity index (χ3v) is 5.39. The molecule has 2 rings (SSSR count). The zero-order chi connectivity index (χ0) is 20.4. The summed E-state index contributed by atoms with van der Waals surface area (Å²) in [6.45, 7) is 7.34. The van der Waals surface area contributed by atoms with Gasteiger partial charge in [0.25, 0.3) is 0 Å². The van der Waals surface area contributed by atoms with Crippen molar-refractivity contribution in [3.8, 4) is 0 Å². The maximum Gasteiger partial charge on any atom is 0.330 e. The zero-order valence-corrected chi connectivity index (χ0v) is 19.1. The van der Waals surface area contributed by atoms with Crippen LogP contribution in [0.25, 0.3) is 17.0 Å². The molecule has 0 saturated heterocycles. The summed E-state index contributed by atoms with van der Waals surface area (Å²) in [5, 5.41) is 1.55. The van der Waals surface area contributed by atoms with Crippen molar-refractivity contribution < 1.29 is 19.1 Å². The van der Waals surface area contributed by atoms with E-state index < -0.39 is 17.5 Å². The minimum absolute atomic E-state index is 0.0701. The van der Waals surface area contributed by atoms with E-state index >= 15 is 0 Å². The first-order valence-electron chi connectivity index (χ1n) is 8.27. The van der Waals surface area contributed by atoms with Gasteiger partial charge < -0.3 is 14.0 Å². The van der Waals surface area contributed by atoms with Gasteiger partial charge in [-0.25, -0.2) is 4.79 Å². The summed E-state index contributed by atoms with van der Waals surface area (Å²) in [4.78, 5) is 24.2. The Morgan fingerprint density at radius 2 is 1.93 bits per heavy atom. The molecule has 146 valence electrons. The van der Waals surface area contributed by atoms with Gasteiger partial charge in [-0.05, 0) is 62.4 Å². The van der Waals surface area contributed by atoms with Crippen LogP contribution in [-0.4, -0.2) is 28.7 Å². The van der Waals surface area contributed by atoms with Crippen molar-refractivity contribution in [2.45, 2.75) is 39.8 Å². The van der Waals surface area contributed by atoms with Crippen LogP contribution in [0.1, 0.15) is 33.4 Å². The Balaban J connectivity index is 2.59. The molecule has 0 N–H and O–H groups in total. The molecule has 1 aromatic carbocycles. The molecule has 5 nitrogen and oxygen atoms in total. The number of fused-ring (bicyclic) bond motifs is 1. The van der Waals surface area contributed by atoms with Crippen molar-refractivity contribution >= 4 is 74.7 Å². The Kier molecular flexibility index (Phi) is 7.21. The van der Waals surface area contributed by atoms with E-state index in [4.69, 9.17) is 32.7 Å². The summed E-state index contributed by atoms with van der Waals surface area (Å²) in [6, 6.07) is 3.53. The molecule has 2 aromatic rings. The standard InChI is InChI=1S/C19H20Cl2INO4/c1-5-26-14(24)9-8-13-17(22)11-6-7-12(20)16(21)18(11)23(13)10-15(25)27-19(2,3)4/h6-9H,5,10H2,1-4H3. The first-order valence-corrected chi connectivity index (χ1v) is 10.1. The summed E-state index contributed by atoms with van der Waals surface area (Å²) in [5.41, 5.74) is 0.645. The lowest BCUT2D eigenvalue weighted by Gasteiger charge is -2.20. The van der Waals surface area contributed by atoms with Gasteiger partial charge in [0.2, 0.25) is 0 Å². The summed E-state index contributed by atoms with van der Waals surface area (Å²) in [6.07, 6.45) is 2.93. The molecular weight excluding hydrogens is 504 g/mol. The number of rotatable bonds is 5. The lowest BCUT2D eigenvalue weighted by molar-refractivity contribution is -0.155. The fourth-order valence-corrected chi connectivity index (χ4v) is 3.85. The van der Waals surface area contributed by atoms with Crippen LogP contribution in [-0.2, 0) is 25.6 Å². The van der Waals surface area contributed by atoms with E-state index in [1.54, 1.807) is 44.4 Å². The second-order valence-corrected chi connectivity index (χ2v) is 8.58. The van der Waals surface area contributed by atoms with E-state index in [0.29, 0.717) is 21.3 Å². The molecule has 0 aliphatic heterocycles. The van der Waals surface area contributed by atoms with Crippen LogP contribution in [0.5, 0.6) is 0 Å². The van der Waals surface area contributed by atoms with Crippen LogP contribution in [0, 0.1) is 3.57 Å². The topological polar surface area (TPSA) is 57.5 Å². The van der Waals surface area contributed by atoms with Crippen molar-refractivity contribution in [1.29, 1.82) is 0 Å². The highest BCUT2D eigenvalue weighted by Crippen LogP contribution is 2.37. The highest BCUT2D eigenvalue weighted by atomic mass is 127. The molecule has 0 amide bonds. The first-order chi connectivity index (χ1) is 12.5. The molecule has 0 spiro atoms. The Hall–Kier alpha value is -1.25. The fraction of sp³-hybridized carbons (Fsp3) is 0.368. The molecule has 27 heavy (non-hydrogen) atoms. The maximum absolute atomic E-state index is 12.4. The second-order valence-electron chi connectivity index (χ2n) is 6.71. The van der Waals surface area contributed by atoms with Crippen LogP contribution in [0.15, 0.2) is 18.2 Å². The zero-order valence-electron chi connectivity index (χ0n) is 15.4. The number of ether oxygens (including phenoxy) is 2. The van der Waals surface area contributed by atoms with Gasteiger partial charge in [-0.1, -0.05) is 29.3 Å². The predicted octanol–water partition coefficient (Wildman–Crippen LogP) is 5.47. The smallest absolute Gasteiger partial charge is 0.330 e. The number of hydrogen-bond donors (Lipinski definition) is 0. The van der Waals surface area contributed by atoms with Gasteiger partial charge in [0.1, 0.15) is 12.1 Å². The Labute approximate surface area is 181 Å². The summed E-state index contributed by atoms with van der Waals surface area (Å²) < 4.78 is 12.9. The minimum Gasteiger partial charge on any atom is -0.463 e. The molecule has 0 aliphatic carbocycles. The van der Waals surface area contributed by atoms with E-state index in [0.717, 1.165) is 8.96 Å². The molecule has 0 atom stereocenters. The number of esters is 2. The van der Waals surface area contributed by atoms with Crippen molar-refractivity contribution in [2.24, 2.45) is 0 Å². The van der Waals surface area contributed by atoms with Gasteiger partial charge in [-0.15, -0.1) is 0 Å². The molecule has 1 aromatic heterocycles. The largest absolute Gasteiger partial charge is 0.463 e. The molecule has 1 heterocycles. The summed E-state index contributed by atoms with van der Waals surface area (Å²) in [7, 11) is 0. The predicted molar refractivity (Wildman–Crippen MR) is 116 cm³/mol. The summed E-state index contributed by atoms with van der Waals surface area (Å²) >= 11 is 14.8. The van der Waals surface area contributed by atoms with Crippen LogP contribution < -0.4 is 0 Å². The Bertz CT molecular complexity index is 913. The van der Waals surface area contributed by atoms with Gasteiger partial charge >= 0.3 is 11.9 Å². The first kappa shape index (κ1) is 22.0. The van der Waals surface area contributed by atoms with Crippen molar-refractivity contribution in [3.05, 3.63) is 37.5 Å². The number of carbonyl (C=O) groups is 2. The molecule has 0 fully saturated rings. The van der Waals surface area contributed by atoms with Crippen LogP contribution in [0.3, 0.4) is 0 Å². The molecule has 0 aliphatic rings. The highest BCUT2D eigenvalue weighted by molar-refractivity contribution is 14.1. The number of hydrogen-bond acceptors (Lipinski definition) is 4. The van der Waals surface area contributed by atoms with Gasteiger partial charge in [0, 0.05) is 15.0 Å².